The number of aromatic nitrogens is 3. The maximum Gasteiger partial charge on any atom is 0.211 e. The first-order valence-corrected chi connectivity index (χ1v) is 8.22. The molecule has 0 aliphatic heterocycles. The monoisotopic (exact) mass is 278 g/mol. The molecule has 0 unspecified atom stereocenters. The van der Waals surface area contributed by atoms with Crippen molar-refractivity contribution < 1.29 is 8.42 Å². The topological polar surface area (TPSA) is 87.7 Å². The number of nitrogens with one attached hydrogen (secondary N) is 2. The predicted molar refractivity (Wildman–Crippen MR) is 68.6 cm³/mol. The van der Waals surface area contributed by atoms with Crippen molar-refractivity contribution >= 4 is 21.8 Å². The van der Waals surface area contributed by atoms with Crippen LogP contribution in [0.4, 0.5) is 0 Å². The zero-order valence-corrected chi connectivity index (χ0v) is 11.7. The fourth-order valence-electron chi connectivity index (χ4n) is 1.13. The third-order valence-electron chi connectivity index (χ3n) is 2.03. The molecule has 0 aromatic carbocycles. The number of H-pyrrole nitrogens is 1. The van der Waals surface area contributed by atoms with Crippen LogP contribution in [0.15, 0.2) is 5.16 Å². The molecule has 0 aliphatic rings. The van der Waals surface area contributed by atoms with E-state index in [1.54, 1.807) is 6.92 Å². The van der Waals surface area contributed by atoms with E-state index in [-0.39, 0.29) is 5.75 Å². The van der Waals surface area contributed by atoms with E-state index in [9.17, 15) is 8.42 Å². The Morgan fingerprint density at radius 1 is 1.41 bits per heavy atom. The van der Waals surface area contributed by atoms with Gasteiger partial charge in [0, 0.05) is 18.7 Å². The minimum atomic E-state index is -3.09. The summed E-state index contributed by atoms with van der Waals surface area (Å²) in [5, 5.41) is 7.56. The molecule has 0 aliphatic carbocycles. The maximum atomic E-state index is 11.1. The second kappa shape index (κ2) is 6.97. The molecule has 0 saturated carbocycles. The van der Waals surface area contributed by atoms with Gasteiger partial charge in [-0.15, -0.1) is 5.10 Å². The second-order valence-corrected chi connectivity index (χ2v) is 6.62. The fraction of sp³-hybridized carbons (Fsp3) is 0.778. The lowest BCUT2D eigenvalue weighted by atomic mass is 10.3. The second-order valence-electron chi connectivity index (χ2n) is 3.46. The Balaban J connectivity index is 2.26. The molecule has 1 rings (SSSR count). The van der Waals surface area contributed by atoms with Crippen molar-refractivity contribution in [1.82, 2.24) is 19.9 Å². The first kappa shape index (κ1) is 14.5. The number of aromatic amines is 1. The van der Waals surface area contributed by atoms with Crippen LogP contribution in [0.5, 0.6) is 0 Å². The van der Waals surface area contributed by atoms with E-state index in [0.29, 0.717) is 17.5 Å². The summed E-state index contributed by atoms with van der Waals surface area (Å²) in [6, 6.07) is 0. The van der Waals surface area contributed by atoms with Crippen molar-refractivity contribution in [1.29, 1.82) is 0 Å². The maximum absolute atomic E-state index is 11.1. The van der Waals surface area contributed by atoms with E-state index in [2.05, 4.69) is 26.8 Å². The summed E-state index contributed by atoms with van der Waals surface area (Å²) in [4.78, 5) is 4.27. The van der Waals surface area contributed by atoms with Crippen molar-refractivity contribution in [3.8, 4) is 0 Å². The van der Waals surface area contributed by atoms with Crippen LogP contribution in [0.25, 0.3) is 0 Å². The highest BCUT2D eigenvalue weighted by molar-refractivity contribution is 7.99. The zero-order chi connectivity index (χ0) is 12.7. The van der Waals surface area contributed by atoms with Gasteiger partial charge >= 0.3 is 0 Å². The number of sulfonamides is 1. The minimum Gasteiger partial charge on any atom is -0.262 e. The highest BCUT2D eigenvalue weighted by atomic mass is 32.2. The van der Waals surface area contributed by atoms with Crippen molar-refractivity contribution in [2.24, 2.45) is 0 Å². The molecule has 0 saturated heterocycles. The lowest BCUT2D eigenvalue weighted by Crippen LogP contribution is -2.27. The van der Waals surface area contributed by atoms with Crippen LogP contribution in [0.3, 0.4) is 0 Å². The molecule has 0 spiro atoms. The number of rotatable bonds is 8. The van der Waals surface area contributed by atoms with Crippen molar-refractivity contribution in [2.75, 3.05) is 18.1 Å². The number of thioether (sulfide) groups is 1. The Morgan fingerprint density at radius 2 is 2.18 bits per heavy atom. The van der Waals surface area contributed by atoms with Gasteiger partial charge in [-0.2, -0.15) is 0 Å². The highest BCUT2D eigenvalue weighted by Gasteiger charge is 2.06. The average Bonchev–Trinajstić information content (AvgIpc) is 2.73. The Bertz CT molecular complexity index is 430. The number of nitrogens with zero attached hydrogens (tertiary/aromatic N) is 2. The van der Waals surface area contributed by atoms with Gasteiger partial charge in [0.1, 0.15) is 5.82 Å². The lowest BCUT2D eigenvalue weighted by Gasteiger charge is -2.01. The molecule has 1 heterocycles. The van der Waals surface area contributed by atoms with Gasteiger partial charge in [0.25, 0.3) is 0 Å². The first-order valence-electron chi connectivity index (χ1n) is 5.58. The summed E-state index contributed by atoms with van der Waals surface area (Å²) in [5.74, 6) is 1.62. The van der Waals surface area contributed by atoms with E-state index in [0.717, 1.165) is 18.7 Å². The summed E-state index contributed by atoms with van der Waals surface area (Å²) < 4.78 is 24.8. The van der Waals surface area contributed by atoms with E-state index < -0.39 is 10.0 Å². The molecule has 6 nitrogen and oxygen atoms in total. The van der Waals surface area contributed by atoms with Crippen LogP contribution in [0, 0.1) is 0 Å². The Morgan fingerprint density at radius 3 is 2.82 bits per heavy atom. The molecular formula is C9H18N4O2S2. The summed E-state index contributed by atoms with van der Waals surface area (Å²) in [7, 11) is -3.09. The normalized spacial score (nSPS) is 11.9. The quantitative estimate of drug-likeness (QED) is 0.542. The summed E-state index contributed by atoms with van der Waals surface area (Å²) >= 11 is 1.44. The van der Waals surface area contributed by atoms with Crippen LogP contribution in [0.1, 0.15) is 26.1 Å². The van der Waals surface area contributed by atoms with Gasteiger partial charge in [0.15, 0.2) is 0 Å². The zero-order valence-electron chi connectivity index (χ0n) is 10.1. The van der Waals surface area contributed by atoms with Crippen LogP contribution >= 0.6 is 11.8 Å². The van der Waals surface area contributed by atoms with Crippen LogP contribution < -0.4 is 4.72 Å². The molecule has 2 N–H and O–H groups in total. The van der Waals surface area contributed by atoms with E-state index >= 15 is 0 Å². The van der Waals surface area contributed by atoms with Gasteiger partial charge in [0.05, 0.1) is 5.75 Å². The van der Waals surface area contributed by atoms with Crippen molar-refractivity contribution in [3.63, 3.8) is 0 Å². The summed E-state index contributed by atoms with van der Waals surface area (Å²) in [6.07, 6.45) is 1.91. The van der Waals surface area contributed by atoms with Crippen molar-refractivity contribution in [2.45, 2.75) is 31.8 Å². The van der Waals surface area contributed by atoms with Gasteiger partial charge < -0.3 is 0 Å². The Labute approximate surface area is 106 Å². The third-order valence-corrected chi connectivity index (χ3v) is 4.29. The highest BCUT2D eigenvalue weighted by Crippen LogP contribution is 2.11. The van der Waals surface area contributed by atoms with Gasteiger partial charge in [-0.1, -0.05) is 18.7 Å². The molecule has 0 fully saturated rings. The number of hydrogen-bond donors (Lipinski definition) is 2. The third kappa shape index (κ3) is 5.51. The Hall–Kier alpha value is -0.600. The summed E-state index contributed by atoms with van der Waals surface area (Å²) in [6.45, 7) is 4.09. The van der Waals surface area contributed by atoms with Gasteiger partial charge in [-0.25, -0.2) is 18.1 Å². The largest absolute Gasteiger partial charge is 0.262 e. The standard InChI is InChI=1S/C9H18N4O2S2/c1-3-5-8-11-9(13-12-8)16-7-6-10-17(14,15)4-2/h10H,3-7H2,1-2H3,(H,11,12,13). The molecule has 0 radical (unpaired) electrons. The molecule has 0 amide bonds. The molecule has 1 aromatic rings. The SMILES string of the molecule is CCCc1nc(SCCNS(=O)(=O)CC)n[nH]1. The van der Waals surface area contributed by atoms with E-state index in [1.165, 1.54) is 11.8 Å². The smallest absolute Gasteiger partial charge is 0.211 e. The molecule has 1 aromatic heterocycles. The molecule has 8 heteroatoms. The number of aryl methyl sites for hydroxylation is 1. The van der Waals surface area contributed by atoms with E-state index in [4.69, 9.17) is 0 Å². The molecule has 0 bridgehead atoms. The van der Waals surface area contributed by atoms with Gasteiger partial charge in [-0.3, -0.25) is 5.10 Å². The molecular weight excluding hydrogens is 260 g/mol. The van der Waals surface area contributed by atoms with Crippen LogP contribution in [-0.2, 0) is 16.4 Å². The van der Waals surface area contributed by atoms with Crippen molar-refractivity contribution in [3.05, 3.63) is 5.82 Å². The summed E-state index contributed by atoms with van der Waals surface area (Å²) in [5.41, 5.74) is 0. The predicted octanol–water partition coefficient (Wildman–Crippen LogP) is 0.789. The van der Waals surface area contributed by atoms with Crippen LogP contribution in [-0.4, -0.2) is 41.6 Å². The molecule has 0 atom stereocenters. The lowest BCUT2D eigenvalue weighted by molar-refractivity contribution is 0.585. The first-order chi connectivity index (χ1) is 8.07. The average molecular weight is 278 g/mol. The Kier molecular flexibility index (Phi) is 5.93. The van der Waals surface area contributed by atoms with Gasteiger partial charge in [0.2, 0.25) is 15.2 Å². The van der Waals surface area contributed by atoms with E-state index in [1.807, 2.05) is 0 Å². The fourth-order valence-corrected chi connectivity index (χ4v) is 2.55. The number of hydrogen-bond acceptors (Lipinski definition) is 5. The van der Waals surface area contributed by atoms with Crippen LogP contribution in [0.2, 0.25) is 0 Å². The minimum absolute atomic E-state index is 0.110. The van der Waals surface area contributed by atoms with Gasteiger partial charge in [-0.05, 0) is 13.3 Å². The molecule has 98 valence electrons. The molecule has 17 heavy (non-hydrogen) atoms.